The Balaban J connectivity index is 1.50. The van der Waals surface area contributed by atoms with E-state index in [-0.39, 0.29) is 29.7 Å². The van der Waals surface area contributed by atoms with Crippen LogP contribution in [0.1, 0.15) is 30.7 Å². The molecule has 0 bridgehead atoms. The number of hydrogen-bond donors (Lipinski definition) is 1. The summed E-state index contributed by atoms with van der Waals surface area (Å²) in [5.41, 5.74) is 0.232. The van der Waals surface area contributed by atoms with Crippen molar-refractivity contribution in [1.29, 1.82) is 5.26 Å². The highest BCUT2D eigenvalue weighted by Gasteiger charge is 2.35. The van der Waals surface area contributed by atoms with Crippen molar-refractivity contribution in [2.75, 3.05) is 32.9 Å². The van der Waals surface area contributed by atoms with Gasteiger partial charge in [0.25, 0.3) is 0 Å². The third-order valence-corrected chi connectivity index (χ3v) is 6.69. The van der Waals surface area contributed by atoms with Crippen LogP contribution in [0.3, 0.4) is 0 Å². The zero-order valence-electron chi connectivity index (χ0n) is 19.1. The molecule has 1 atom stereocenters. The number of ether oxygens (including phenoxy) is 2. The summed E-state index contributed by atoms with van der Waals surface area (Å²) >= 11 is 0. The molecule has 2 aliphatic heterocycles. The second kappa shape index (κ2) is 9.84. The third-order valence-electron chi connectivity index (χ3n) is 6.69. The summed E-state index contributed by atoms with van der Waals surface area (Å²) in [5.74, 6) is 0.267. The van der Waals surface area contributed by atoms with Crippen LogP contribution in [0.4, 0.5) is 13.2 Å². The Morgan fingerprint density at radius 2 is 1.97 bits per heavy atom. The van der Waals surface area contributed by atoms with E-state index in [0.717, 1.165) is 38.4 Å². The van der Waals surface area contributed by atoms with Crippen LogP contribution in [0, 0.1) is 23.2 Å². The number of piperidine rings is 1. The predicted octanol–water partition coefficient (Wildman–Crippen LogP) is 4.40. The molecule has 2 aliphatic rings. The van der Waals surface area contributed by atoms with Gasteiger partial charge in [0, 0.05) is 36.2 Å². The van der Waals surface area contributed by atoms with Crippen molar-refractivity contribution in [2.45, 2.75) is 32.0 Å². The minimum absolute atomic E-state index is 0.0880. The van der Waals surface area contributed by atoms with Crippen molar-refractivity contribution in [3.8, 4) is 23.1 Å². The van der Waals surface area contributed by atoms with Crippen LogP contribution < -0.4 is 10.1 Å². The van der Waals surface area contributed by atoms with Crippen molar-refractivity contribution in [3.63, 3.8) is 0 Å². The van der Waals surface area contributed by atoms with Crippen molar-refractivity contribution in [2.24, 2.45) is 11.8 Å². The molecule has 7 nitrogen and oxygen atoms in total. The molecule has 35 heavy (non-hydrogen) atoms. The van der Waals surface area contributed by atoms with Crippen molar-refractivity contribution in [3.05, 3.63) is 41.9 Å². The Hall–Kier alpha value is -3.16. The lowest BCUT2D eigenvalue weighted by Crippen LogP contribution is -2.30. The second-order valence-electron chi connectivity index (χ2n) is 9.16. The van der Waals surface area contributed by atoms with Crippen molar-refractivity contribution < 1.29 is 22.6 Å². The molecule has 5 rings (SSSR count). The first-order valence-electron chi connectivity index (χ1n) is 11.8. The number of hydrogen-bond acceptors (Lipinski definition) is 6. The third kappa shape index (κ3) is 5.11. The van der Waals surface area contributed by atoms with Gasteiger partial charge in [0.05, 0.1) is 24.5 Å². The molecule has 2 fully saturated rings. The van der Waals surface area contributed by atoms with Gasteiger partial charge >= 0.3 is 6.18 Å². The summed E-state index contributed by atoms with van der Waals surface area (Å²) in [6, 6.07) is 7.71. The number of fused-ring (bicyclic) bond motifs is 1. The Kier molecular flexibility index (Phi) is 6.62. The number of alkyl halides is 3. The number of nitriles is 1. The van der Waals surface area contributed by atoms with Gasteiger partial charge in [0.1, 0.15) is 17.5 Å². The largest absolute Gasteiger partial charge is 0.493 e. The molecular formula is C25H26F3N5O2. The second-order valence-corrected chi connectivity index (χ2v) is 9.16. The maximum atomic E-state index is 14.0. The fourth-order valence-corrected chi connectivity index (χ4v) is 4.77. The number of benzene rings is 1. The fraction of sp³-hybridized carbons (Fsp3) is 0.480. The van der Waals surface area contributed by atoms with Crippen LogP contribution >= 0.6 is 0 Å². The summed E-state index contributed by atoms with van der Waals surface area (Å²) < 4.78 is 55.1. The number of nitrogens with zero attached hydrogens (tertiary/aromatic N) is 4. The van der Waals surface area contributed by atoms with E-state index < -0.39 is 11.7 Å². The van der Waals surface area contributed by atoms with E-state index >= 15 is 0 Å². The molecule has 4 heterocycles. The normalized spacial score (nSPS) is 19.2. The van der Waals surface area contributed by atoms with Gasteiger partial charge in [-0.05, 0) is 62.5 Å². The van der Waals surface area contributed by atoms with Crippen LogP contribution in [0.2, 0.25) is 0 Å². The van der Waals surface area contributed by atoms with Gasteiger partial charge < -0.3 is 19.4 Å². The molecule has 0 aliphatic carbocycles. The standard InChI is InChI=1S/C25H26F3N5O2/c26-25(27,28)20-11-18(1-2-21(20)35-15-16-3-7-30-8-4-16)23-19-5-9-33(13-17-6-10-34-14-17)24(19)32-22(12-29)31-23/h1-2,5,9,11,16-17,30H,3-4,6-8,10,13-15H2. The molecule has 1 unspecified atom stereocenters. The molecule has 0 saturated carbocycles. The van der Waals surface area contributed by atoms with Gasteiger partial charge in [-0.2, -0.15) is 18.4 Å². The topological polar surface area (TPSA) is 85.0 Å². The van der Waals surface area contributed by atoms with Crippen molar-refractivity contribution >= 4 is 11.0 Å². The van der Waals surface area contributed by atoms with Crippen LogP contribution in [-0.2, 0) is 17.5 Å². The van der Waals surface area contributed by atoms with E-state index in [2.05, 4.69) is 15.3 Å². The van der Waals surface area contributed by atoms with E-state index in [9.17, 15) is 18.4 Å². The minimum Gasteiger partial charge on any atom is -0.493 e. The quantitative estimate of drug-likeness (QED) is 0.557. The van der Waals surface area contributed by atoms with Gasteiger partial charge in [-0.15, -0.1) is 0 Å². The zero-order chi connectivity index (χ0) is 24.4. The Morgan fingerprint density at radius 3 is 2.69 bits per heavy atom. The lowest BCUT2D eigenvalue weighted by atomic mass is 9.99. The van der Waals surface area contributed by atoms with Crippen molar-refractivity contribution in [1.82, 2.24) is 19.9 Å². The molecule has 0 radical (unpaired) electrons. The molecule has 2 saturated heterocycles. The molecule has 2 aromatic heterocycles. The number of rotatable bonds is 6. The minimum atomic E-state index is -4.60. The van der Waals surface area contributed by atoms with Gasteiger partial charge in [-0.25, -0.2) is 9.97 Å². The first-order valence-corrected chi connectivity index (χ1v) is 11.8. The fourth-order valence-electron chi connectivity index (χ4n) is 4.77. The SMILES string of the molecule is N#Cc1nc(-c2ccc(OCC3CCNCC3)c(C(F)(F)F)c2)c2ccn(CC3CCOC3)c2n1. The molecule has 10 heteroatoms. The molecule has 0 spiro atoms. The average Bonchev–Trinajstić information content (AvgIpc) is 3.52. The first kappa shape index (κ1) is 23.6. The van der Waals surface area contributed by atoms with Crippen LogP contribution in [0.5, 0.6) is 5.75 Å². The predicted molar refractivity (Wildman–Crippen MR) is 123 cm³/mol. The summed E-state index contributed by atoms with van der Waals surface area (Å²) in [5, 5.41) is 13.3. The monoisotopic (exact) mass is 485 g/mol. The van der Waals surface area contributed by atoms with Crippen LogP contribution in [-0.4, -0.2) is 47.4 Å². The molecule has 1 aromatic carbocycles. The maximum Gasteiger partial charge on any atom is 0.419 e. The van der Waals surface area contributed by atoms with E-state index in [1.807, 2.05) is 16.8 Å². The zero-order valence-corrected chi connectivity index (χ0v) is 19.1. The Bertz CT molecular complexity index is 1240. The molecule has 3 aromatic rings. The van der Waals surface area contributed by atoms with E-state index in [1.54, 1.807) is 12.1 Å². The maximum absolute atomic E-state index is 14.0. The summed E-state index contributed by atoms with van der Waals surface area (Å²) in [7, 11) is 0. The van der Waals surface area contributed by atoms with Crippen LogP contribution in [0.15, 0.2) is 30.5 Å². The highest BCUT2D eigenvalue weighted by atomic mass is 19.4. The highest BCUT2D eigenvalue weighted by molar-refractivity contribution is 5.91. The van der Waals surface area contributed by atoms with Gasteiger partial charge in [-0.3, -0.25) is 0 Å². The number of aromatic nitrogens is 3. The van der Waals surface area contributed by atoms with E-state index in [0.29, 0.717) is 42.4 Å². The Morgan fingerprint density at radius 1 is 1.14 bits per heavy atom. The Labute approximate surface area is 200 Å². The van der Waals surface area contributed by atoms with E-state index in [4.69, 9.17) is 9.47 Å². The summed E-state index contributed by atoms with van der Waals surface area (Å²) in [6.45, 7) is 3.95. The first-order chi connectivity index (χ1) is 16.9. The molecule has 0 amide bonds. The molecular weight excluding hydrogens is 459 g/mol. The molecule has 1 N–H and O–H groups in total. The summed E-state index contributed by atoms with van der Waals surface area (Å²) in [6.07, 6.45) is -0.0867. The smallest absolute Gasteiger partial charge is 0.419 e. The van der Waals surface area contributed by atoms with Gasteiger partial charge in [0.15, 0.2) is 0 Å². The lowest BCUT2D eigenvalue weighted by molar-refractivity contribution is -0.139. The highest BCUT2D eigenvalue weighted by Crippen LogP contribution is 2.40. The van der Waals surface area contributed by atoms with Gasteiger partial charge in [0.2, 0.25) is 5.82 Å². The van der Waals surface area contributed by atoms with Crippen LogP contribution in [0.25, 0.3) is 22.3 Å². The number of nitrogens with one attached hydrogen (secondary N) is 1. The number of halogens is 3. The van der Waals surface area contributed by atoms with E-state index in [1.165, 1.54) is 6.07 Å². The molecule has 184 valence electrons. The summed E-state index contributed by atoms with van der Waals surface area (Å²) in [4.78, 5) is 8.63. The van der Waals surface area contributed by atoms with Gasteiger partial charge in [-0.1, -0.05) is 0 Å². The lowest BCUT2D eigenvalue weighted by Gasteiger charge is -2.23. The average molecular weight is 486 g/mol.